The van der Waals surface area contributed by atoms with Crippen molar-refractivity contribution in [3.63, 3.8) is 0 Å². The Balaban J connectivity index is 1.27. The van der Waals surface area contributed by atoms with Crippen molar-refractivity contribution in [3.8, 4) is 11.5 Å². The lowest BCUT2D eigenvalue weighted by Gasteiger charge is -2.26. The van der Waals surface area contributed by atoms with E-state index in [0.717, 1.165) is 68.3 Å². The van der Waals surface area contributed by atoms with E-state index in [9.17, 15) is 9.59 Å². The summed E-state index contributed by atoms with van der Waals surface area (Å²) in [4.78, 5) is 27.3. The molecule has 2 N–H and O–H groups in total. The van der Waals surface area contributed by atoms with Gasteiger partial charge in [-0.1, -0.05) is 12.5 Å². The van der Waals surface area contributed by atoms with Crippen LogP contribution in [0, 0.1) is 5.92 Å². The van der Waals surface area contributed by atoms with Gasteiger partial charge >= 0.3 is 0 Å². The van der Waals surface area contributed by atoms with Gasteiger partial charge in [-0.15, -0.1) is 0 Å². The number of aromatic nitrogens is 1. The molecule has 0 bridgehead atoms. The number of unbranched alkanes of at least 4 members (excludes halogenated alkanes) is 1. The Labute approximate surface area is 177 Å². The first-order valence-corrected chi connectivity index (χ1v) is 10.8. The van der Waals surface area contributed by atoms with Crippen LogP contribution in [0.5, 0.6) is 11.5 Å². The number of fused-ring (bicyclic) bond motifs is 2. The number of Topliss-reactive ketones (excluding diaryl/α,β-unsaturated/α-hetero) is 1. The number of ketones is 1. The van der Waals surface area contributed by atoms with Gasteiger partial charge in [0.05, 0.1) is 14.2 Å². The molecule has 0 amide bonds. The Morgan fingerprint density at radius 1 is 1.10 bits per heavy atom. The summed E-state index contributed by atoms with van der Waals surface area (Å²) >= 11 is 0. The van der Waals surface area contributed by atoms with Gasteiger partial charge in [0.15, 0.2) is 17.3 Å². The molecule has 2 atom stereocenters. The number of hydrogen-bond donors (Lipinski definition) is 2. The molecule has 2 aliphatic rings. The highest BCUT2D eigenvalue weighted by Crippen LogP contribution is 2.38. The lowest BCUT2D eigenvalue weighted by molar-refractivity contribution is 0.0929. The van der Waals surface area contributed by atoms with Crippen LogP contribution in [0.4, 0.5) is 0 Å². The second-order valence-electron chi connectivity index (χ2n) is 8.28. The number of aryl methyl sites for hydroxylation is 1. The SMILES string of the molecule is COc1cc2c(cc1OC)C(=O)[C@@H](CCCCN[C@H]1CCCc3[nH]c(=O)ccc31)C2. The second-order valence-corrected chi connectivity index (χ2v) is 8.28. The van der Waals surface area contributed by atoms with E-state index >= 15 is 0 Å². The first-order valence-electron chi connectivity index (χ1n) is 10.8. The van der Waals surface area contributed by atoms with Crippen LogP contribution in [0.15, 0.2) is 29.1 Å². The van der Waals surface area contributed by atoms with E-state index in [2.05, 4.69) is 10.3 Å². The monoisotopic (exact) mass is 410 g/mol. The molecule has 0 saturated heterocycles. The van der Waals surface area contributed by atoms with Crippen LogP contribution >= 0.6 is 0 Å². The van der Waals surface area contributed by atoms with Crippen molar-refractivity contribution in [2.75, 3.05) is 20.8 Å². The largest absolute Gasteiger partial charge is 0.493 e. The minimum Gasteiger partial charge on any atom is -0.493 e. The van der Waals surface area contributed by atoms with Crippen LogP contribution in [-0.2, 0) is 12.8 Å². The number of hydrogen-bond acceptors (Lipinski definition) is 5. The Hall–Kier alpha value is -2.60. The van der Waals surface area contributed by atoms with Gasteiger partial charge in [-0.3, -0.25) is 9.59 Å². The maximum Gasteiger partial charge on any atom is 0.248 e. The van der Waals surface area contributed by atoms with Crippen LogP contribution < -0.4 is 20.3 Å². The Morgan fingerprint density at radius 3 is 2.70 bits per heavy atom. The molecule has 0 fully saturated rings. The van der Waals surface area contributed by atoms with Crippen molar-refractivity contribution < 1.29 is 14.3 Å². The zero-order valence-corrected chi connectivity index (χ0v) is 17.8. The second kappa shape index (κ2) is 9.04. The summed E-state index contributed by atoms with van der Waals surface area (Å²) in [5.74, 6) is 1.58. The third-order valence-corrected chi connectivity index (χ3v) is 6.41. The van der Waals surface area contributed by atoms with Crippen LogP contribution in [0.25, 0.3) is 0 Å². The predicted molar refractivity (Wildman–Crippen MR) is 116 cm³/mol. The molecule has 160 valence electrons. The van der Waals surface area contributed by atoms with Crippen molar-refractivity contribution in [3.05, 3.63) is 57.0 Å². The number of pyridine rings is 1. The normalized spacial score (nSPS) is 20.0. The summed E-state index contributed by atoms with van der Waals surface area (Å²) in [6.45, 7) is 0.915. The first kappa shape index (κ1) is 20.7. The minimum atomic E-state index is -0.0214. The maximum absolute atomic E-state index is 12.8. The van der Waals surface area contributed by atoms with Crippen molar-refractivity contribution >= 4 is 5.78 Å². The number of benzene rings is 1. The summed E-state index contributed by atoms with van der Waals surface area (Å²) in [6, 6.07) is 7.65. The molecule has 2 aromatic rings. The standard InChI is InChI=1S/C24H30N2O4/c1-29-21-13-16-12-15(24(28)18(16)14-22(21)30-2)6-3-4-11-25-19-7-5-8-20-17(19)9-10-23(27)26-20/h9-10,13-15,19,25H,3-8,11-12H2,1-2H3,(H,26,27)/t15-,19-/m0/s1. The van der Waals surface area contributed by atoms with Gasteiger partial charge in [0.25, 0.3) is 0 Å². The van der Waals surface area contributed by atoms with Gasteiger partial charge in [0, 0.05) is 29.3 Å². The van der Waals surface area contributed by atoms with Gasteiger partial charge in [0.2, 0.25) is 5.56 Å². The summed E-state index contributed by atoms with van der Waals surface area (Å²) in [5.41, 5.74) is 4.13. The van der Waals surface area contributed by atoms with Crippen molar-refractivity contribution in [1.29, 1.82) is 0 Å². The summed E-state index contributed by atoms with van der Waals surface area (Å²) in [7, 11) is 3.21. The van der Waals surface area contributed by atoms with Crippen LogP contribution in [0.3, 0.4) is 0 Å². The van der Waals surface area contributed by atoms with Gasteiger partial charge < -0.3 is 19.8 Å². The average molecular weight is 411 g/mol. The van der Waals surface area contributed by atoms with Gasteiger partial charge in [-0.25, -0.2) is 0 Å². The van der Waals surface area contributed by atoms with E-state index in [1.807, 2.05) is 18.2 Å². The molecule has 4 rings (SSSR count). The average Bonchev–Trinajstić information content (AvgIpc) is 3.06. The third-order valence-electron chi connectivity index (χ3n) is 6.41. The van der Waals surface area contributed by atoms with Gasteiger partial charge in [-0.05, 0) is 68.3 Å². The van der Waals surface area contributed by atoms with Crippen LogP contribution in [0.2, 0.25) is 0 Å². The highest BCUT2D eigenvalue weighted by molar-refractivity contribution is 6.02. The molecule has 1 aromatic heterocycles. The molecule has 0 aliphatic heterocycles. The molecule has 2 aliphatic carbocycles. The van der Waals surface area contributed by atoms with Crippen LogP contribution in [-0.4, -0.2) is 31.5 Å². The lowest BCUT2D eigenvalue weighted by Crippen LogP contribution is -2.28. The fraction of sp³-hybridized carbons (Fsp3) is 0.500. The lowest BCUT2D eigenvalue weighted by atomic mass is 9.91. The Morgan fingerprint density at radius 2 is 1.90 bits per heavy atom. The smallest absolute Gasteiger partial charge is 0.248 e. The zero-order chi connectivity index (χ0) is 21.1. The van der Waals surface area contributed by atoms with Crippen molar-refractivity contribution in [1.82, 2.24) is 10.3 Å². The fourth-order valence-corrected chi connectivity index (χ4v) is 4.83. The Bertz CT molecular complexity index is 982. The van der Waals surface area contributed by atoms with Crippen molar-refractivity contribution in [2.24, 2.45) is 5.92 Å². The van der Waals surface area contributed by atoms with E-state index in [1.54, 1.807) is 20.3 Å². The van der Waals surface area contributed by atoms with Crippen LogP contribution in [0.1, 0.15) is 65.3 Å². The molecule has 30 heavy (non-hydrogen) atoms. The number of carbonyl (C=O) groups is 1. The van der Waals surface area contributed by atoms with E-state index < -0.39 is 0 Å². The zero-order valence-electron chi connectivity index (χ0n) is 17.8. The highest BCUT2D eigenvalue weighted by atomic mass is 16.5. The quantitative estimate of drug-likeness (QED) is 0.650. The molecule has 0 saturated carbocycles. The van der Waals surface area contributed by atoms with Gasteiger partial charge in [-0.2, -0.15) is 0 Å². The predicted octanol–water partition coefficient (Wildman–Crippen LogP) is 3.58. The number of nitrogens with one attached hydrogen (secondary N) is 2. The molecule has 6 nitrogen and oxygen atoms in total. The molecule has 0 unspecified atom stereocenters. The van der Waals surface area contributed by atoms with E-state index in [4.69, 9.17) is 9.47 Å². The maximum atomic E-state index is 12.8. The molecule has 6 heteroatoms. The molecule has 0 spiro atoms. The van der Waals surface area contributed by atoms with E-state index in [1.165, 1.54) is 5.56 Å². The number of aromatic amines is 1. The summed E-state index contributed by atoms with van der Waals surface area (Å²) in [6.07, 6.45) is 6.85. The highest BCUT2D eigenvalue weighted by Gasteiger charge is 2.31. The number of methoxy groups -OCH3 is 2. The summed E-state index contributed by atoms with van der Waals surface area (Å²) in [5, 5.41) is 3.64. The van der Waals surface area contributed by atoms with E-state index in [0.29, 0.717) is 17.5 Å². The third kappa shape index (κ3) is 4.15. The summed E-state index contributed by atoms with van der Waals surface area (Å²) < 4.78 is 10.7. The van der Waals surface area contributed by atoms with Crippen molar-refractivity contribution in [2.45, 2.75) is 51.0 Å². The topological polar surface area (TPSA) is 80.4 Å². The number of ether oxygens (including phenoxy) is 2. The molecule has 1 aromatic carbocycles. The molecular formula is C24H30N2O4. The molecule has 1 heterocycles. The fourth-order valence-electron chi connectivity index (χ4n) is 4.83. The number of carbonyl (C=O) groups excluding carboxylic acids is 1. The number of rotatable bonds is 8. The molecular weight excluding hydrogens is 380 g/mol. The molecule has 0 radical (unpaired) electrons. The van der Waals surface area contributed by atoms with Gasteiger partial charge in [0.1, 0.15) is 0 Å². The number of H-pyrrole nitrogens is 1. The van der Waals surface area contributed by atoms with E-state index in [-0.39, 0.29) is 17.3 Å². The Kier molecular flexibility index (Phi) is 6.23. The first-order chi connectivity index (χ1) is 14.6. The minimum absolute atomic E-state index is 0.0214.